The average molecular weight is 462 g/mol. The van der Waals surface area contributed by atoms with Crippen molar-refractivity contribution in [2.24, 2.45) is 0 Å². The highest BCUT2D eigenvalue weighted by atomic mass is 127. The monoisotopic (exact) mass is 461 g/mol. The van der Waals surface area contributed by atoms with Crippen LogP contribution in [0.4, 0.5) is 5.82 Å². The van der Waals surface area contributed by atoms with Gasteiger partial charge in [-0.15, -0.1) is 11.8 Å². The lowest BCUT2D eigenvalue weighted by atomic mass is 10.3. The number of halogens is 2. The zero-order valence-corrected chi connectivity index (χ0v) is 15.2. The van der Waals surface area contributed by atoms with E-state index < -0.39 is 0 Å². The summed E-state index contributed by atoms with van der Waals surface area (Å²) in [6.45, 7) is 0. The van der Waals surface area contributed by atoms with Crippen LogP contribution < -0.4 is 5.73 Å². The van der Waals surface area contributed by atoms with Crippen molar-refractivity contribution in [2.45, 2.75) is 29.4 Å². The number of nitrogen functional groups attached to an aromatic ring is 1. The first-order chi connectivity index (χ1) is 9.65. The van der Waals surface area contributed by atoms with Crippen molar-refractivity contribution >= 4 is 56.1 Å². The van der Waals surface area contributed by atoms with Crippen molar-refractivity contribution in [3.8, 4) is 0 Å². The van der Waals surface area contributed by atoms with Crippen LogP contribution in [0.2, 0.25) is 0 Å². The van der Waals surface area contributed by atoms with Gasteiger partial charge in [-0.1, -0.05) is 12.1 Å². The predicted octanol–water partition coefficient (Wildman–Crippen LogP) is 4.60. The molecule has 0 spiro atoms. The maximum absolute atomic E-state index is 6.01. The number of anilines is 1. The van der Waals surface area contributed by atoms with Crippen LogP contribution in [-0.2, 0) is 5.75 Å². The first-order valence-electron chi connectivity index (χ1n) is 6.34. The molecule has 6 heteroatoms. The van der Waals surface area contributed by atoms with Crippen molar-refractivity contribution in [1.82, 2.24) is 9.97 Å². The van der Waals surface area contributed by atoms with E-state index in [-0.39, 0.29) is 0 Å². The van der Waals surface area contributed by atoms with Crippen LogP contribution >= 0.6 is 50.3 Å². The molecular formula is C14H13BrIN3S. The normalized spacial score (nSPS) is 14.5. The lowest BCUT2D eigenvalue weighted by molar-refractivity contribution is 0.924. The Hall–Kier alpha value is -0.340. The van der Waals surface area contributed by atoms with Gasteiger partial charge >= 0.3 is 0 Å². The Morgan fingerprint density at radius 1 is 1.30 bits per heavy atom. The SMILES string of the molecule is Nc1nc(CSc2ccccc2Br)nc(C2CC2)c1I. The van der Waals surface area contributed by atoms with Crippen LogP contribution in [0.1, 0.15) is 30.3 Å². The smallest absolute Gasteiger partial charge is 0.141 e. The van der Waals surface area contributed by atoms with Crippen LogP contribution in [-0.4, -0.2) is 9.97 Å². The van der Waals surface area contributed by atoms with Gasteiger partial charge in [-0.25, -0.2) is 9.97 Å². The zero-order chi connectivity index (χ0) is 14.1. The van der Waals surface area contributed by atoms with Crippen LogP contribution in [0.25, 0.3) is 0 Å². The molecule has 0 amide bonds. The highest BCUT2D eigenvalue weighted by molar-refractivity contribution is 14.1. The summed E-state index contributed by atoms with van der Waals surface area (Å²) in [6, 6.07) is 8.18. The first-order valence-corrected chi connectivity index (χ1v) is 9.20. The molecule has 0 bridgehead atoms. The molecule has 0 unspecified atom stereocenters. The minimum absolute atomic E-state index is 0.597. The summed E-state index contributed by atoms with van der Waals surface area (Å²) < 4.78 is 2.13. The molecule has 1 aliphatic rings. The largest absolute Gasteiger partial charge is 0.383 e. The molecule has 1 aromatic carbocycles. The Kier molecular flexibility index (Phi) is 4.52. The molecule has 1 saturated carbocycles. The Morgan fingerprint density at radius 2 is 2.05 bits per heavy atom. The lowest BCUT2D eigenvalue weighted by Gasteiger charge is -2.08. The Labute approximate surface area is 144 Å². The van der Waals surface area contributed by atoms with Crippen molar-refractivity contribution in [1.29, 1.82) is 0 Å². The van der Waals surface area contributed by atoms with E-state index in [1.807, 2.05) is 18.2 Å². The minimum atomic E-state index is 0.597. The molecule has 3 nitrogen and oxygen atoms in total. The van der Waals surface area contributed by atoms with E-state index in [0.717, 1.165) is 25.3 Å². The molecule has 1 fully saturated rings. The maximum atomic E-state index is 6.01. The summed E-state index contributed by atoms with van der Waals surface area (Å²) in [6.07, 6.45) is 2.45. The molecule has 0 radical (unpaired) electrons. The Bertz CT molecular complexity index is 646. The number of thioether (sulfide) groups is 1. The fourth-order valence-corrected chi connectivity index (χ4v) is 4.03. The average Bonchev–Trinajstić information content (AvgIpc) is 3.26. The van der Waals surface area contributed by atoms with E-state index in [1.165, 1.54) is 17.7 Å². The van der Waals surface area contributed by atoms with Crippen molar-refractivity contribution in [2.75, 3.05) is 5.73 Å². The van der Waals surface area contributed by atoms with Gasteiger partial charge in [0.1, 0.15) is 11.6 Å². The van der Waals surface area contributed by atoms with E-state index >= 15 is 0 Å². The summed E-state index contributed by atoms with van der Waals surface area (Å²) in [5.41, 5.74) is 7.15. The van der Waals surface area contributed by atoms with Crippen LogP contribution in [0.5, 0.6) is 0 Å². The summed E-state index contributed by atoms with van der Waals surface area (Å²) in [7, 11) is 0. The third-order valence-corrected chi connectivity index (χ3v) is 6.23. The van der Waals surface area contributed by atoms with Gasteiger partial charge in [0.05, 0.1) is 15.0 Å². The minimum Gasteiger partial charge on any atom is -0.383 e. The Morgan fingerprint density at radius 3 is 2.75 bits per heavy atom. The van der Waals surface area contributed by atoms with Crippen molar-refractivity contribution < 1.29 is 0 Å². The van der Waals surface area contributed by atoms with E-state index in [4.69, 9.17) is 10.7 Å². The predicted molar refractivity (Wildman–Crippen MR) is 94.8 cm³/mol. The molecule has 2 aromatic rings. The fourth-order valence-electron chi connectivity index (χ4n) is 1.93. The third kappa shape index (κ3) is 3.28. The van der Waals surface area contributed by atoms with Crippen LogP contribution in [0.3, 0.4) is 0 Å². The highest BCUT2D eigenvalue weighted by Crippen LogP contribution is 2.42. The summed E-state index contributed by atoms with van der Waals surface area (Å²) in [5.74, 6) is 2.78. The molecule has 0 saturated heterocycles. The van der Waals surface area contributed by atoms with Gasteiger partial charge in [-0.05, 0) is 63.5 Å². The summed E-state index contributed by atoms with van der Waals surface area (Å²) in [5, 5.41) is 0. The number of rotatable bonds is 4. The van der Waals surface area contributed by atoms with E-state index in [9.17, 15) is 0 Å². The van der Waals surface area contributed by atoms with E-state index in [0.29, 0.717) is 11.7 Å². The highest BCUT2D eigenvalue weighted by Gasteiger charge is 2.28. The first kappa shape index (κ1) is 14.6. The molecule has 1 heterocycles. The van der Waals surface area contributed by atoms with Gasteiger partial charge in [-0.2, -0.15) is 0 Å². The quantitative estimate of drug-likeness (QED) is 0.534. The zero-order valence-electron chi connectivity index (χ0n) is 10.6. The van der Waals surface area contributed by atoms with E-state index in [1.54, 1.807) is 11.8 Å². The van der Waals surface area contributed by atoms with Gasteiger partial charge in [-0.3, -0.25) is 0 Å². The summed E-state index contributed by atoms with van der Waals surface area (Å²) in [4.78, 5) is 10.3. The number of nitrogens with zero attached hydrogens (tertiary/aromatic N) is 2. The number of hydrogen-bond acceptors (Lipinski definition) is 4. The molecular weight excluding hydrogens is 449 g/mol. The van der Waals surface area contributed by atoms with Gasteiger partial charge in [0.15, 0.2) is 0 Å². The van der Waals surface area contributed by atoms with Crippen LogP contribution in [0, 0.1) is 3.57 Å². The maximum Gasteiger partial charge on any atom is 0.141 e. The van der Waals surface area contributed by atoms with Crippen molar-refractivity contribution in [3.63, 3.8) is 0 Å². The van der Waals surface area contributed by atoms with Gasteiger partial charge in [0.25, 0.3) is 0 Å². The number of aromatic nitrogens is 2. The second-order valence-electron chi connectivity index (χ2n) is 4.72. The molecule has 1 aromatic heterocycles. The standard InChI is InChI=1S/C14H13BrIN3S/c15-9-3-1-2-4-10(9)20-7-11-18-13(8-5-6-8)12(16)14(17)19-11/h1-4,8H,5-7H2,(H2,17,18,19). The molecule has 2 N–H and O–H groups in total. The number of benzene rings is 1. The Balaban J connectivity index is 1.79. The van der Waals surface area contributed by atoms with Gasteiger partial charge in [0, 0.05) is 15.3 Å². The second kappa shape index (κ2) is 6.19. The molecule has 3 rings (SSSR count). The van der Waals surface area contributed by atoms with Crippen molar-refractivity contribution in [3.05, 3.63) is 43.8 Å². The second-order valence-corrected chi connectivity index (χ2v) is 7.67. The van der Waals surface area contributed by atoms with E-state index in [2.05, 4.69) is 49.6 Å². The molecule has 20 heavy (non-hydrogen) atoms. The van der Waals surface area contributed by atoms with Gasteiger partial charge < -0.3 is 5.73 Å². The topological polar surface area (TPSA) is 51.8 Å². The summed E-state index contributed by atoms with van der Waals surface area (Å²) >= 11 is 7.54. The lowest BCUT2D eigenvalue weighted by Crippen LogP contribution is -2.06. The molecule has 0 aliphatic heterocycles. The van der Waals surface area contributed by atoms with Crippen LogP contribution in [0.15, 0.2) is 33.6 Å². The number of hydrogen-bond donors (Lipinski definition) is 1. The molecule has 104 valence electrons. The van der Waals surface area contributed by atoms with Gasteiger partial charge in [0.2, 0.25) is 0 Å². The molecule has 0 atom stereocenters. The third-order valence-electron chi connectivity index (χ3n) is 3.11. The molecule has 1 aliphatic carbocycles. The number of nitrogens with two attached hydrogens (primary N) is 1. The fraction of sp³-hybridized carbons (Fsp3) is 0.286.